The first-order valence-electron chi connectivity index (χ1n) is 3.56. The zero-order chi connectivity index (χ0) is 7.61. The van der Waals surface area contributed by atoms with Crippen LogP contribution in [0.4, 0.5) is 0 Å². The predicted octanol–water partition coefficient (Wildman–Crippen LogP) is 2.28. The van der Waals surface area contributed by atoms with Gasteiger partial charge in [-0.05, 0) is 12.8 Å². The maximum absolute atomic E-state index is 5.13. The first kappa shape index (κ1) is 8.71. The van der Waals surface area contributed by atoms with Crippen LogP contribution in [0.2, 0.25) is 0 Å². The summed E-state index contributed by atoms with van der Waals surface area (Å²) in [7, 11) is 0. The zero-order valence-corrected chi connectivity index (χ0v) is 9.09. The highest BCUT2D eigenvalue weighted by Gasteiger charge is 2.23. The molecule has 0 aliphatic carbocycles. The molecule has 1 atom stereocenters. The summed E-state index contributed by atoms with van der Waals surface area (Å²) in [6, 6.07) is 0. The van der Waals surface area contributed by atoms with Gasteiger partial charge in [0, 0.05) is 16.4 Å². The quantitative estimate of drug-likeness (QED) is 0.411. The fourth-order valence-electron chi connectivity index (χ4n) is 1.17. The molecule has 1 heterocycles. The lowest BCUT2D eigenvalue weighted by Crippen LogP contribution is -2.24. The molecule has 1 unspecified atom stereocenters. The molecule has 1 aliphatic rings. The molecule has 1 rings (SSSR count). The second kappa shape index (κ2) is 3.34. The van der Waals surface area contributed by atoms with Crippen molar-refractivity contribution >= 4 is 39.8 Å². The van der Waals surface area contributed by atoms with Crippen molar-refractivity contribution in [2.24, 2.45) is 0 Å². The van der Waals surface area contributed by atoms with Crippen LogP contribution in [-0.4, -0.2) is 15.0 Å². The molecule has 0 aromatic carbocycles. The first-order valence-corrected chi connectivity index (χ1v) is 5.04. The highest BCUT2D eigenvalue weighted by molar-refractivity contribution is 14.1. The van der Waals surface area contributed by atoms with Gasteiger partial charge in [-0.1, -0.05) is 41.7 Å². The molecule has 0 radical (unpaired) electrons. The standard InChI is InChI=1S/C7H12INS/c1-7(8)3-2-4-9-6(10)5-7/h2-5H2,1H3,(H,9,10). The summed E-state index contributed by atoms with van der Waals surface area (Å²) in [4.78, 5) is 1.04. The van der Waals surface area contributed by atoms with Gasteiger partial charge in [0.25, 0.3) is 0 Å². The Labute approximate surface area is 81.1 Å². The molecule has 1 fully saturated rings. The van der Waals surface area contributed by atoms with Crippen molar-refractivity contribution in [2.75, 3.05) is 6.54 Å². The number of rotatable bonds is 0. The highest BCUT2D eigenvalue weighted by atomic mass is 127. The van der Waals surface area contributed by atoms with E-state index in [1.54, 1.807) is 0 Å². The van der Waals surface area contributed by atoms with Crippen LogP contribution >= 0.6 is 34.8 Å². The van der Waals surface area contributed by atoms with Crippen molar-refractivity contribution in [3.05, 3.63) is 0 Å². The Morgan fingerprint density at radius 3 is 3.10 bits per heavy atom. The Hall–Kier alpha value is 0.620. The third-order valence-corrected chi connectivity index (χ3v) is 2.94. The van der Waals surface area contributed by atoms with E-state index in [4.69, 9.17) is 12.2 Å². The van der Waals surface area contributed by atoms with Crippen molar-refractivity contribution < 1.29 is 0 Å². The number of thiocarbonyl (C=S) groups is 1. The van der Waals surface area contributed by atoms with E-state index in [1.807, 2.05) is 0 Å². The maximum atomic E-state index is 5.13. The minimum atomic E-state index is 0.401. The summed E-state index contributed by atoms with van der Waals surface area (Å²) in [5, 5.41) is 3.23. The van der Waals surface area contributed by atoms with E-state index >= 15 is 0 Å². The van der Waals surface area contributed by atoms with Crippen LogP contribution < -0.4 is 5.32 Å². The lowest BCUT2D eigenvalue weighted by Gasteiger charge is -2.18. The van der Waals surface area contributed by atoms with Crippen LogP contribution in [-0.2, 0) is 0 Å². The van der Waals surface area contributed by atoms with Crippen molar-refractivity contribution in [1.29, 1.82) is 0 Å². The fourth-order valence-corrected chi connectivity index (χ4v) is 2.61. The molecular formula is C7H12INS. The molecule has 0 saturated carbocycles. The molecule has 58 valence electrons. The van der Waals surface area contributed by atoms with Gasteiger partial charge in [0.15, 0.2) is 0 Å². The van der Waals surface area contributed by atoms with Gasteiger partial charge in [-0.25, -0.2) is 0 Å². The number of hydrogen-bond donors (Lipinski definition) is 1. The molecule has 3 heteroatoms. The molecule has 0 aromatic rings. The minimum absolute atomic E-state index is 0.401. The van der Waals surface area contributed by atoms with E-state index in [2.05, 4.69) is 34.8 Å². The highest BCUT2D eigenvalue weighted by Crippen LogP contribution is 2.29. The minimum Gasteiger partial charge on any atom is -0.380 e. The summed E-state index contributed by atoms with van der Waals surface area (Å²) in [6.45, 7) is 3.34. The zero-order valence-electron chi connectivity index (χ0n) is 6.11. The monoisotopic (exact) mass is 269 g/mol. The number of halogens is 1. The van der Waals surface area contributed by atoms with E-state index in [-0.39, 0.29) is 0 Å². The summed E-state index contributed by atoms with van der Waals surface area (Å²) >= 11 is 7.63. The average Bonchev–Trinajstić information content (AvgIpc) is 1.90. The number of alkyl halides is 1. The fraction of sp³-hybridized carbons (Fsp3) is 0.857. The van der Waals surface area contributed by atoms with Crippen LogP contribution in [0.1, 0.15) is 26.2 Å². The third-order valence-electron chi connectivity index (χ3n) is 1.73. The Kier molecular flexibility index (Phi) is 2.91. The van der Waals surface area contributed by atoms with Crippen LogP contribution in [0.5, 0.6) is 0 Å². The summed E-state index contributed by atoms with van der Waals surface area (Å²) in [5.74, 6) is 0. The van der Waals surface area contributed by atoms with E-state index in [1.165, 1.54) is 12.8 Å². The molecule has 0 spiro atoms. The molecule has 0 amide bonds. The largest absolute Gasteiger partial charge is 0.380 e. The van der Waals surface area contributed by atoms with Crippen molar-refractivity contribution in [3.63, 3.8) is 0 Å². The van der Waals surface area contributed by atoms with Crippen molar-refractivity contribution in [2.45, 2.75) is 29.6 Å². The van der Waals surface area contributed by atoms with Gasteiger partial charge < -0.3 is 5.32 Å². The van der Waals surface area contributed by atoms with Crippen LogP contribution in [0.25, 0.3) is 0 Å². The molecule has 0 aromatic heterocycles. The summed E-state index contributed by atoms with van der Waals surface area (Å²) in [6.07, 6.45) is 3.57. The van der Waals surface area contributed by atoms with Gasteiger partial charge in [0.05, 0.1) is 4.99 Å². The maximum Gasteiger partial charge on any atom is 0.0766 e. The Balaban J connectivity index is 2.54. The topological polar surface area (TPSA) is 12.0 Å². The predicted molar refractivity (Wildman–Crippen MR) is 56.9 cm³/mol. The van der Waals surface area contributed by atoms with Crippen LogP contribution in [0, 0.1) is 0 Å². The second-order valence-electron chi connectivity index (χ2n) is 3.04. The summed E-state index contributed by atoms with van der Waals surface area (Å²) in [5.41, 5.74) is 0. The van der Waals surface area contributed by atoms with Crippen LogP contribution in [0.15, 0.2) is 0 Å². The Bertz CT molecular complexity index is 145. The molecule has 0 bridgehead atoms. The first-order chi connectivity index (χ1) is 4.60. The molecule has 1 nitrogen and oxygen atoms in total. The lowest BCUT2D eigenvalue weighted by atomic mass is 10.0. The van der Waals surface area contributed by atoms with Crippen LogP contribution in [0.3, 0.4) is 0 Å². The number of hydrogen-bond acceptors (Lipinski definition) is 1. The SMILES string of the molecule is CC1(I)CCCNC(=S)C1. The van der Waals surface area contributed by atoms with Gasteiger partial charge in [-0.2, -0.15) is 0 Å². The second-order valence-corrected chi connectivity index (χ2v) is 6.14. The average molecular weight is 269 g/mol. The number of nitrogens with one attached hydrogen (secondary N) is 1. The van der Waals surface area contributed by atoms with E-state index in [9.17, 15) is 0 Å². The Morgan fingerprint density at radius 2 is 2.40 bits per heavy atom. The van der Waals surface area contributed by atoms with Gasteiger partial charge in [-0.3, -0.25) is 0 Å². The molecule has 1 saturated heterocycles. The molecule has 1 N–H and O–H groups in total. The molecule has 10 heavy (non-hydrogen) atoms. The Morgan fingerprint density at radius 1 is 1.70 bits per heavy atom. The normalized spacial score (nSPS) is 34.8. The van der Waals surface area contributed by atoms with Crippen molar-refractivity contribution in [1.82, 2.24) is 5.32 Å². The van der Waals surface area contributed by atoms with E-state index in [0.717, 1.165) is 18.0 Å². The van der Waals surface area contributed by atoms with E-state index < -0.39 is 0 Å². The molecular weight excluding hydrogens is 257 g/mol. The van der Waals surface area contributed by atoms with Gasteiger partial charge >= 0.3 is 0 Å². The van der Waals surface area contributed by atoms with Gasteiger partial charge in [-0.15, -0.1) is 0 Å². The lowest BCUT2D eigenvalue weighted by molar-refractivity contribution is 0.625. The van der Waals surface area contributed by atoms with Crippen molar-refractivity contribution in [3.8, 4) is 0 Å². The van der Waals surface area contributed by atoms with Gasteiger partial charge in [0.1, 0.15) is 0 Å². The smallest absolute Gasteiger partial charge is 0.0766 e. The summed E-state index contributed by atoms with van der Waals surface area (Å²) < 4.78 is 0.401. The van der Waals surface area contributed by atoms with E-state index in [0.29, 0.717) is 3.42 Å². The van der Waals surface area contributed by atoms with Gasteiger partial charge in [0.2, 0.25) is 0 Å². The molecule has 1 aliphatic heterocycles. The third kappa shape index (κ3) is 2.70.